The quantitative estimate of drug-likeness (QED) is 0.763. The van der Waals surface area contributed by atoms with Gasteiger partial charge in [0.2, 0.25) is 5.28 Å². The summed E-state index contributed by atoms with van der Waals surface area (Å²) in [6, 6.07) is 5.80. The zero-order valence-electron chi connectivity index (χ0n) is 7.29. The molecule has 0 bridgehead atoms. The maximum Gasteiger partial charge on any atom is 0.234 e. The predicted octanol–water partition coefficient (Wildman–Crippen LogP) is 3.82. The number of halogens is 2. The molecular formula is C9H6Cl2N2S. The first kappa shape index (κ1) is 9.90. The van der Waals surface area contributed by atoms with Crippen LogP contribution in [0.4, 0.5) is 0 Å². The van der Waals surface area contributed by atoms with Gasteiger partial charge in [-0.2, -0.15) is 4.37 Å². The molecule has 0 saturated carbocycles. The van der Waals surface area contributed by atoms with Gasteiger partial charge in [-0.05, 0) is 35.6 Å². The maximum atomic E-state index is 6.13. The number of aryl methyl sites for hydroxylation is 1. The van der Waals surface area contributed by atoms with Gasteiger partial charge < -0.3 is 0 Å². The minimum Gasteiger partial charge on any atom is -0.204 e. The topological polar surface area (TPSA) is 25.8 Å². The second kappa shape index (κ2) is 3.85. The molecule has 0 radical (unpaired) electrons. The molecule has 0 saturated heterocycles. The highest BCUT2D eigenvalue weighted by molar-refractivity contribution is 7.09. The highest BCUT2D eigenvalue weighted by atomic mass is 35.5. The molecule has 0 atom stereocenters. The van der Waals surface area contributed by atoms with Crippen LogP contribution in [0.2, 0.25) is 10.3 Å². The van der Waals surface area contributed by atoms with E-state index < -0.39 is 0 Å². The van der Waals surface area contributed by atoms with Crippen molar-refractivity contribution < 1.29 is 0 Å². The Morgan fingerprint density at radius 2 is 2.07 bits per heavy atom. The molecule has 14 heavy (non-hydrogen) atoms. The van der Waals surface area contributed by atoms with E-state index >= 15 is 0 Å². The number of aromatic nitrogens is 2. The average molecular weight is 245 g/mol. The Morgan fingerprint density at radius 3 is 2.71 bits per heavy atom. The molecule has 0 aliphatic heterocycles. The SMILES string of the molecule is Cc1cccc(-c2nc(Cl)ns2)c1Cl. The molecule has 0 unspecified atom stereocenters. The van der Waals surface area contributed by atoms with Gasteiger partial charge in [-0.15, -0.1) is 0 Å². The Balaban J connectivity index is 2.57. The lowest BCUT2D eigenvalue weighted by molar-refractivity contribution is 1.32. The van der Waals surface area contributed by atoms with Crippen molar-refractivity contribution in [2.75, 3.05) is 0 Å². The van der Waals surface area contributed by atoms with Crippen LogP contribution >= 0.6 is 34.7 Å². The third kappa shape index (κ3) is 1.75. The lowest BCUT2D eigenvalue weighted by atomic mass is 10.1. The molecule has 1 aromatic carbocycles. The van der Waals surface area contributed by atoms with Crippen molar-refractivity contribution in [3.8, 4) is 10.6 Å². The van der Waals surface area contributed by atoms with Gasteiger partial charge in [-0.25, -0.2) is 4.98 Å². The van der Waals surface area contributed by atoms with Crippen molar-refractivity contribution in [2.45, 2.75) is 6.92 Å². The molecule has 0 fully saturated rings. The van der Waals surface area contributed by atoms with Crippen LogP contribution in [-0.2, 0) is 0 Å². The van der Waals surface area contributed by atoms with Gasteiger partial charge in [0.15, 0.2) is 0 Å². The van der Waals surface area contributed by atoms with Gasteiger partial charge in [-0.3, -0.25) is 0 Å². The number of hydrogen-bond donors (Lipinski definition) is 0. The van der Waals surface area contributed by atoms with Gasteiger partial charge in [0.25, 0.3) is 0 Å². The van der Waals surface area contributed by atoms with Crippen molar-refractivity contribution in [1.82, 2.24) is 9.36 Å². The highest BCUT2D eigenvalue weighted by Crippen LogP contribution is 2.31. The molecule has 1 heterocycles. The molecule has 0 N–H and O–H groups in total. The summed E-state index contributed by atoms with van der Waals surface area (Å²) >= 11 is 13.0. The molecule has 2 nitrogen and oxygen atoms in total. The number of rotatable bonds is 1. The van der Waals surface area contributed by atoms with E-state index in [-0.39, 0.29) is 5.28 Å². The molecule has 1 aromatic heterocycles. The fourth-order valence-corrected chi connectivity index (χ4v) is 2.24. The van der Waals surface area contributed by atoms with Gasteiger partial charge in [-0.1, -0.05) is 29.8 Å². The van der Waals surface area contributed by atoms with E-state index in [4.69, 9.17) is 23.2 Å². The first-order chi connectivity index (χ1) is 6.68. The molecule has 2 aromatic rings. The van der Waals surface area contributed by atoms with Crippen LogP contribution in [0.25, 0.3) is 10.6 Å². The highest BCUT2D eigenvalue weighted by Gasteiger charge is 2.09. The van der Waals surface area contributed by atoms with E-state index in [1.807, 2.05) is 25.1 Å². The summed E-state index contributed by atoms with van der Waals surface area (Å²) in [6.45, 7) is 1.95. The zero-order valence-corrected chi connectivity index (χ0v) is 9.62. The van der Waals surface area contributed by atoms with Crippen LogP contribution in [0.15, 0.2) is 18.2 Å². The van der Waals surface area contributed by atoms with Crippen molar-refractivity contribution in [3.63, 3.8) is 0 Å². The van der Waals surface area contributed by atoms with Gasteiger partial charge in [0.1, 0.15) is 5.01 Å². The van der Waals surface area contributed by atoms with Crippen LogP contribution in [0.1, 0.15) is 5.56 Å². The third-order valence-electron chi connectivity index (χ3n) is 1.82. The molecule has 0 spiro atoms. The van der Waals surface area contributed by atoms with Crippen LogP contribution < -0.4 is 0 Å². The summed E-state index contributed by atoms with van der Waals surface area (Å²) in [5, 5.41) is 1.73. The van der Waals surface area contributed by atoms with Crippen LogP contribution in [0, 0.1) is 6.92 Å². The Kier molecular flexibility index (Phi) is 2.72. The summed E-state index contributed by atoms with van der Waals surface area (Å²) in [5.41, 5.74) is 1.91. The summed E-state index contributed by atoms with van der Waals surface area (Å²) in [6.07, 6.45) is 0. The molecule has 0 aliphatic carbocycles. The van der Waals surface area contributed by atoms with Crippen LogP contribution in [0.5, 0.6) is 0 Å². The fraction of sp³-hybridized carbons (Fsp3) is 0.111. The van der Waals surface area contributed by atoms with Crippen molar-refractivity contribution >= 4 is 34.7 Å². The van der Waals surface area contributed by atoms with Crippen molar-refractivity contribution in [2.24, 2.45) is 0 Å². The zero-order chi connectivity index (χ0) is 10.1. The standard InChI is InChI=1S/C9H6Cl2N2S/c1-5-3-2-4-6(7(5)10)8-12-9(11)13-14-8/h2-4H,1H3. The monoisotopic (exact) mass is 244 g/mol. The normalized spacial score (nSPS) is 10.5. The van der Waals surface area contributed by atoms with Crippen molar-refractivity contribution in [3.05, 3.63) is 34.1 Å². The summed E-state index contributed by atoms with van der Waals surface area (Å²) in [4.78, 5) is 4.07. The summed E-state index contributed by atoms with van der Waals surface area (Å²) in [7, 11) is 0. The second-order valence-electron chi connectivity index (χ2n) is 2.81. The Hall–Kier alpha value is -0.640. The number of benzene rings is 1. The van der Waals surface area contributed by atoms with E-state index in [0.29, 0.717) is 5.02 Å². The number of nitrogens with zero attached hydrogens (tertiary/aromatic N) is 2. The van der Waals surface area contributed by atoms with Gasteiger partial charge in [0, 0.05) is 5.56 Å². The average Bonchev–Trinajstić information content (AvgIpc) is 2.57. The molecule has 0 aliphatic rings. The Morgan fingerprint density at radius 1 is 1.29 bits per heavy atom. The summed E-state index contributed by atoms with van der Waals surface area (Å²) in [5.74, 6) is 0. The first-order valence-corrected chi connectivity index (χ1v) is 5.46. The van der Waals surface area contributed by atoms with Gasteiger partial charge >= 0.3 is 0 Å². The molecule has 5 heteroatoms. The Labute approximate surface area is 95.7 Å². The minimum atomic E-state index is 0.266. The van der Waals surface area contributed by atoms with E-state index in [1.54, 1.807) is 0 Å². The fourth-order valence-electron chi connectivity index (χ4n) is 1.13. The third-order valence-corrected chi connectivity index (χ3v) is 3.34. The molecule has 72 valence electrons. The lowest BCUT2D eigenvalue weighted by Gasteiger charge is -2.01. The van der Waals surface area contributed by atoms with E-state index in [1.165, 1.54) is 11.5 Å². The maximum absolute atomic E-state index is 6.13. The first-order valence-electron chi connectivity index (χ1n) is 3.93. The van der Waals surface area contributed by atoms with E-state index in [9.17, 15) is 0 Å². The smallest absolute Gasteiger partial charge is 0.204 e. The predicted molar refractivity (Wildman–Crippen MR) is 60.1 cm³/mol. The Bertz CT molecular complexity index is 468. The second-order valence-corrected chi connectivity index (χ2v) is 4.27. The van der Waals surface area contributed by atoms with Crippen LogP contribution in [-0.4, -0.2) is 9.36 Å². The minimum absolute atomic E-state index is 0.266. The van der Waals surface area contributed by atoms with E-state index in [0.717, 1.165) is 16.1 Å². The molecule has 0 amide bonds. The molecule has 2 rings (SSSR count). The van der Waals surface area contributed by atoms with Crippen molar-refractivity contribution in [1.29, 1.82) is 0 Å². The van der Waals surface area contributed by atoms with Crippen LogP contribution in [0.3, 0.4) is 0 Å². The lowest BCUT2D eigenvalue weighted by Crippen LogP contribution is -1.81. The number of hydrogen-bond acceptors (Lipinski definition) is 3. The van der Waals surface area contributed by atoms with E-state index in [2.05, 4.69) is 9.36 Å². The molecular weight excluding hydrogens is 239 g/mol. The summed E-state index contributed by atoms with van der Waals surface area (Å²) < 4.78 is 3.90. The largest absolute Gasteiger partial charge is 0.234 e. The van der Waals surface area contributed by atoms with Gasteiger partial charge in [0.05, 0.1) is 5.02 Å².